The van der Waals surface area contributed by atoms with Crippen LogP contribution < -0.4 is 5.32 Å². The molecule has 2 N–H and O–H groups in total. The SMILES string of the molecule is CCCC[C@H](NC(=O)C1COCCO1)C(=O)O. The molecule has 1 unspecified atom stereocenters. The maximum atomic E-state index is 11.7. The van der Waals surface area contributed by atoms with Gasteiger partial charge < -0.3 is 19.9 Å². The Morgan fingerprint density at radius 1 is 1.47 bits per heavy atom. The second-order valence-electron chi connectivity index (χ2n) is 3.98. The number of carboxylic acid groups (broad SMARTS) is 1. The summed E-state index contributed by atoms with van der Waals surface area (Å²) < 4.78 is 10.3. The summed E-state index contributed by atoms with van der Waals surface area (Å²) in [7, 11) is 0. The number of carboxylic acids is 1. The zero-order chi connectivity index (χ0) is 12.7. The quantitative estimate of drug-likeness (QED) is 0.696. The second kappa shape index (κ2) is 7.24. The molecule has 0 aromatic rings. The third-order valence-corrected chi connectivity index (χ3v) is 2.57. The Balaban J connectivity index is 2.42. The van der Waals surface area contributed by atoms with Gasteiger partial charge in [0.15, 0.2) is 6.10 Å². The third-order valence-electron chi connectivity index (χ3n) is 2.57. The molecule has 98 valence electrons. The predicted octanol–water partition coefficient (Wildman–Crippen LogP) is 0.161. The molecule has 0 aliphatic carbocycles. The van der Waals surface area contributed by atoms with Crippen molar-refractivity contribution in [3.05, 3.63) is 0 Å². The van der Waals surface area contributed by atoms with Crippen molar-refractivity contribution >= 4 is 11.9 Å². The van der Waals surface area contributed by atoms with E-state index in [0.717, 1.165) is 12.8 Å². The smallest absolute Gasteiger partial charge is 0.326 e. The topological polar surface area (TPSA) is 84.9 Å². The van der Waals surface area contributed by atoms with Gasteiger partial charge in [0.05, 0.1) is 19.8 Å². The fourth-order valence-corrected chi connectivity index (χ4v) is 1.57. The summed E-state index contributed by atoms with van der Waals surface area (Å²) in [6, 6.07) is -0.840. The van der Waals surface area contributed by atoms with Crippen LogP contribution in [0.3, 0.4) is 0 Å². The van der Waals surface area contributed by atoms with Gasteiger partial charge in [-0.2, -0.15) is 0 Å². The summed E-state index contributed by atoms with van der Waals surface area (Å²) >= 11 is 0. The number of ether oxygens (including phenoxy) is 2. The fourth-order valence-electron chi connectivity index (χ4n) is 1.57. The lowest BCUT2D eigenvalue weighted by atomic mass is 10.1. The van der Waals surface area contributed by atoms with E-state index >= 15 is 0 Å². The number of hydrogen-bond acceptors (Lipinski definition) is 4. The lowest BCUT2D eigenvalue weighted by Crippen LogP contribution is -2.49. The van der Waals surface area contributed by atoms with Gasteiger partial charge in [-0.25, -0.2) is 4.79 Å². The number of hydrogen-bond donors (Lipinski definition) is 2. The molecular formula is C11H19NO5. The van der Waals surface area contributed by atoms with Crippen LogP contribution in [0.15, 0.2) is 0 Å². The van der Waals surface area contributed by atoms with Gasteiger partial charge in [0.25, 0.3) is 5.91 Å². The number of unbranched alkanes of at least 4 members (excludes halogenated alkanes) is 1. The highest BCUT2D eigenvalue weighted by atomic mass is 16.6. The Hall–Kier alpha value is -1.14. The molecule has 0 aromatic carbocycles. The van der Waals surface area contributed by atoms with E-state index in [9.17, 15) is 9.59 Å². The normalized spacial score (nSPS) is 21.8. The van der Waals surface area contributed by atoms with Crippen LogP contribution >= 0.6 is 0 Å². The zero-order valence-electron chi connectivity index (χ0n) is 9.98. The minimum atomic E-state index is -1.01. The Morgan fingerprint density at radius 3 is 2.76 bits per heavy atom. The summed E-state index contributed by atoms with van der Waals surface area (Å²) in [5, 5.41) is 11.4. The van der Waals surface area contributed by atoms with Gasteiger partial charge in [0.1, 0.15) is 6.04 Å². The summed E-state index contributed by atoms with van der Waals surface area (Å²) in [4.78, 5) is 22.6. The van der Waals surface area contributed by atoms with Gasteiger partial charge in [-0.15, -0.1) is 0 Å². The number of aliphatic carboxylic acids is 1. The number of carbonyl (C=O) groups excluding carboxylic acids is 1. The van der Waals surface area contributed by atoms with Crippen LogP contribution in [-0.2, 0) is 19.1 Å². The second-order valence-corrected chi connectivity index (χ2v) is 3.98. The zero-order valence-corrected chi connectivity index (χ0v) is 9.98. The average Bonchev–Trinajstić information content (AvgIpc) is 2.35. The first-order valence-corrected chi connectivity index (χ1v) is 5.87. The lowest BCUT2D eigenvalue weighted by Gasteiger charge is -2.23. The van der Waals surface area contributed by atoms with Gasteiger partial charge in [0, 0.05) is 0 Å². The van der Waals surface area contributed by atoms with E-state index in [1.165, 1.54) is 0 Å². The third kappa shape index (κ3) is 4.70. The Labute approximate surface area is 100 Å². The van der Waals surface area contributed by atoms with E-state index in [2.05, 4.69) is 5.32 Å². The van der Waals surface area contributed by atoms with Crippen LogP contribution in [-0.4, -0.2) is 48.9 Å². The van der Waals surface area contributed by atoms with Gasteiger partial charge in [-0.1, -0.05) is 19.8 Å². The number of rotatable bonds is 6. The molecule has 1 aliphatic rings. The van der Waals surface area contributed by atoms with Crippen LogP contribution in [0.1, 0.15) is 26.2 Å². The van der Waals surface area contributed by atoms with Gasteiger partial charge in [-0.3, -0.25) is 4.79 Å². The number of nitrogens with one attached hydrogen (secondary N) is 1. The average molecular weight is 245 g/mol. The van der Waals surface area contributed by atoms with Crippen molar-refractivity contribution in [1.29, 1.82) is 0 Å². The maximum absolute atomic E-state index is 11.7. The van der Waals surface area contributed by atoms with Crippen molar-refractivity contribution in [3.8, 4) is 0 Å². The van der Waals surface area contributed by atoms with Gasteiger partial charge in [0.2, 0.25) is 0 Å². The standard InChI is InChI=1S/C11H19NO5/c1-2-3-4-8(11(14)15)12-10(13)9-7-16-5-6-17-9/h8-9H,2-7H2,1H3,(H,12,13)(H,14,15)/t8-,9?/m0/s1. The highest BCUT2D eigenvalue weighted by Crippen LogP contribution is 2.04. The molecule has 6 nitrogen and oxygen atoms in total. The number of amides is 1. The van der Waals surface area contributed by atoms with Crippen LogP contribution in [0.4, 0.5) is 0 Å². The first-order valence-electron chi connectivity index (χ1n) is 5.87. The van der Waals surface area contributed by atoms with Gasteiger partial charge in [-0.05, 0) is 6.42 Å². The monoisotopic (exact) mass is 245 g/mol. The molecule has 17 heavy (non-hydrogen) atoms. The molecule has 6 heteroatoms. The predicted molar refractivity (Wildman–Crippen MR) is 59.7 cm³/mol. The summed E-state index contributed by atoms with van der Waals surface area (Å²) in [5.41, 5.74) is 0. The minimum Gasteiger partial charge on any atom is -0.480 e. The highest BCUT2D eigenvalue weighted by Gasteiger charge is 2.27. The molecule has 0 saturated carbocycles. The van der Waals surface area contributed by atoms with Crippen LogP contribution in [0.5, 0.6) is 0 Å². The molecule has 1 saturated heterocycles. The Bertz CT molecular complexity index is 263. The first-order chi connectivity index (χ1) is 8.15. The highest BCUT2D eigenvalue weighted by molar-refractivity contribution is 5.86. The van der Waals surface area contributed by atoms with Gasteiger partial charge >= 0.3 is 5.97 Å². The van der Waals surface area contributed by atoms with E-state index in [1.807, 2.05) is 6.92 Å². The minimum absolute atomic E-state index is 0.186. The molecule has 1 aliphatic heterocycles. The maximum Gasteiger partial charge on any atom is 0.326 e. The van der Waals surface area contributed by atoms with E-state index in [4.69, 9.17) is 14.6 Å². The Kier molecular flexibility index (Phi) is 5.93. The first kappa shape index (κ1) is 13.9. The molecule has 0 aromatic heterocycles. The van der Waals surface area contributed by atoms with E-state index < -0.39 is 24.0 Å². The molecule has 0 bridgehead atoms. The summed E-state index contributed by atoms with van der Waals surface area (Å²) in [6.45, 7) is 3.00. The van der Waals surface area contributed by atoms with E-state index in [0.29, 0.717) is 19.6 Å². The molecule has 1 amide bonds. The van der Waals surface area contributed by atoms with Crippen molar-refractivity contribution < 1.29 is 24.2 Å². The van der Waals surface area contributed by atoms with E-state index in [-0.39, 0.29) is 6.61 Å². The summed E-state index contributed by atoms with van der Waals surface area (Å²) in [6.07, 6.45) is 1.40. The molecule has 1 rings (SSSR count). The van der Waals surface area contributed by atoms with Crippen molar-refractivity contribution in [1.82, 2.24) is 5.32 Å². The molecule has 2 atom stereocenters. The number of carbonyl (C=O) groups is 2. The molecule has 1 heterocycles. The van der Waals surface area contributed by atoms with Crippen LogP contribution in [0, 0.1) is 0 Å². The van der Waals surface area contributed by atoms with Crippen molar-refractivity contribution in [2.75, 3.05) is 19.8 Å². The molecule has 1 fully saturated rings. The molecule has 0 spiro atoms. The van der Waals surface area contributed by atoms with Crippen LogP contribution in [0.2, 0.25) is 0 Å². The van der Waals surface area contributed by atoms with Crippen LogP contribution in [0.25, 0.3) is 0 Å². The molecule has 0 radical (unpaired) electrons. The van der Waals surface area contributed by atoms with E-state index in [1.54, 1.807) is 0 Å². The Morgan fingerprint density at radius 2 is 2.24 bits per heavy atom. The summed E-state index contributed by atoms with van der Waals surface area (Å²) in [5.74, 6) is -1.42. The van der Waals surface area contributed by atoms with Crippen molar-refractivity contribution in [2.24, 2.45) is 0 Å². The van der Waals surface area contributed by atoms with Crippen molar-refractivity contribution in [3.63, 3.8) is 0 Å². The van der Waals surface area contributed by atoms with Crippen molar-refractivity contribution in [2.45, 2.75) is 38.3 Å². The lowest BCUT2D eigenvalue weighted by molar-refractivity contribution is -0.152. The fraction of sp³-hybridized carbons (Fsp3) is 0.818. The largest absolute Gasteiger partial charge is 0.480 e. The molecular weight excluding hydrogens is 226 g/mol.